The van der Waals surface area contributed by atoms with Gasteiger partial charge in [-0.25, -0.2) is 69.5 Å². The first-order chi connectivity index (χ1) is 19.2. The van der Waals surface area contributed by atoms with Gasteiger partial charge in [0.15, 0.2) is 69.8 Å². The van der Waals surface area contributed by atoms with Gasteiger partial charge in [0.1, 0.15) is 16.5 Å². The van der Waals surface area contributed by atoms with Gasteiger partial charge in [0.25, 0.3) is 0 Å². The molecule has 222 valence electrons. The van der Waals surface area contributed by atoms with Crippen molar-refractivity contribution in [3.8, 4) is 12.3 Å². The van der Waals surface area contributed by atoms with Crippen molar-refractivity contribution in [1.82, 2.24) is 3.62 Å². The molecule has 0 atom stereocenters. The lowest BCUT2D eigenvalue weighted by Gasteiger charge is -2.21. The van der Waals surface area contributed by atoms with E-state index in [0.717, 1.165) is 5.92 Å². The molecule has 42 heavy (non-hydrogen) atoms. The van der Waals surface area contributed by atoms with Crippen LogP contribution < -0.4 is 10.4 Å². The van der Waals surface area contributed by atoms with Crippen molar-refractivity contribution in [3.05, 3.63) is 74.4 Å². The molecule has 0 heterocycles. The Morgan fingerprint density at radius 1 is 0.643 bits per heavy atom. The molecule has 5 nitrogen and oxygen atoms in total. The molecule has 0 aromatic heterocycles. The number of rotatable bonds is 5. The molecular weight excluding hydrogens is 652 g/mol. The number of terminal acetylenes is 1. The predicted octanol–water partition coefficient (Wildman–Crippen LogP) is 3.26. The summed E-state index contributed by atoms with van der Waals surface area (Å²) < 4.78 is 234. The van der Waals surface area contributed by atoms with Gasteiger partial charge in [0.05, 0.1) is 10.6 Å². The van der Waals surface area contributed by atoms with Crippen molar-refractivity contribution in [2.75, 3.05) is 6.67 Å². The third-order valence-electron chi connectivity index (χ3n) is 5.36. The minimum Gasteiger partial charge on any atom is -0.245 e. The SMILES string of the molecule is [B]N(S(=O)(=O)/C(CF)=c1\c(F)c(F)c(F)c(F)\c1=C(/F)C#C)S(=O)(=O)c1c(F)c(F)c(F)c2c(F)c(F)c(F)c(F)c12. The fraction of sp³-hybridized carbons (Fsp3) is 0.0476. The molecule has 0 aliphatic carbocycles. The maximum absolute atomic E-state index is 14.7. The number of nitrogens with zero attached hydrogens (tertiary/aromatic N) is 1. The van der Waals surface area contributed by atoms with Crippen LogP contribution in [0.3, 0.4) is 0 Å². The van der Waals surface area contributed by atoms with Crippen LogP contribution in [0.4, 0.5) is 57.1 Å². The topological polar surface area (TPSA) is 71.5 Å². The molecule has 3 aromatic carbocycles. The van der Waals surface area contributed by atoms with E-state index in [9.17, 15) is 73.9 Å². The van der Waals surface area contributed by atoms with Crippen LogP contribution in [0.15, 0.2) is 4.90 Å². The molecule has 3 aromatic rings. The molecule has 0 N–H and O–H groups in total. The lowest BCUT2D eigenvalue weighted by molar-refractivity contribution is 0.400. The molecule has 0 saturated carbocycles. The molecule has 0 aliphatic rings. The van der Waals surface area contributed by atoms with Gasteiger partial charge < -0.3 is 0 Å². The summed E-state index contributed by atoms with van der Waals surface area (Å²) in [5.41, 5.74) is 0. The van der Waals surface area contributed by atoms with Crippen LogP contribution in [-0.2, 0) is 20.0 Å². The van der Waals surface area contributed by atoms with E-state index < -0.39 is 131 Å². The standard InChI is InChI=1S/C21H3BF13NO4S2/c1-2-4(24)6-7(11(26)16(31)15(30)10(6)25)5(3-23)41(37,38)36(22)42(39,40)21-9-8(13(28)19(34)20(21)35)12(27)17(32)18(33)14(9)29/h1H,3H2/b6-4-,7-5-. The quantitative estimate of drug-likeness (QED) is 0.139. The Morgan fingerprint density at radius 3 is 1.45 bits per heavy atom. The second-order valence-corrected chi connectivity index (χ2v) is 11.4. The third-order valence-corrected chi connectivity index (χ3v) is 9.32. The second kappa shape index (κ2) is 10.8. The lowest BCUT2D eigenvalue weighted by Crippen LogP contribution is -2.44. The van der Waals surface area contributed by atoms with E-state index in [-0.39, 0.29) is 0 Å². The molecule has 0 unspecified atom stereocenters. The minimum absolute atomic E-state index is 0.903. The van der Waals surface area contributed by atoms with Crippen LogP contribution >= 0.6 is 0 Å². The van der Waals surface area contributed by atoms with Crippen molar-refractivity contribution >= 4 is 49.5 Å². The molecule has 2 radical (unpaired) electrons. The zero-order valence-corrected chi connectivity index (χ0v) is 20.8. The highest BCUT2D eigenvalue weighted by atomic mass is 32.3. The van der Waals surface area contributed by atoms with Gasteiger partial charge in [0.2, 0.25) is 28.0 Å². The molecule has 21 heteroatoms. The summed E-state index contributed by atoms with van der Waals surface area (Å²) >= 11 is 0. The summed E-state index contributed by atoms with van der Waals surface area (Å²) in [7, 11) is -8.74. The van der Waals surface area contributed by atoms with Crippen LogP contribution in [0, 0.1) is 76.3 Å². The second-order valence-electron chi connectivity index (χ2n) is 7.53. The highest BCUT2D eigenvalue weighted by Crippen LogP contribution is 2.38. The fourth-order valence-electron chi connectivity index (χ4n) is 3.47. The number of benzene rings is 3. The van der Waals surface area contributed by atoms with E-state index in [1.807, 2.05) is 0 Å². The summed E-state index contributed by atoms with van der Waals surface area (Å²) in [6.45, 7) is -2.82. The van der Waals surface area contributed by atoms with Crippen LogP contribution in [0.25, 0.3) is 21.5 Å². The van der Waals surface area contributed by atoms with E-state index >= 15 is 0 Å². The molecule has 0 fully saturated rings. The number of fused-ring (bicyclic) bond motifs is 1. The first kappa shape index (κ1) is 32.7. The Hall–Kier alpha value is -3.77. The van der Waals surface area contributed by atoms with Crippen molar-refractivity contribution in [1.29, 1.82) is 0 Å². The summed E-state index contributed by atoms with van der Waals surface area (Å²) in [4.78, 5) is -5.49. The highest BCUT2D eigenvalue weighted by molar-refractivity contribution is 8.10. The van der Waals surface area contributed by atoms with Gasteiger partial charge >= 0.3 is 0 Å². The third kappa shape index (κ3) is 4.48. The number of hydrogen-bond donors (Lipinski definition) is 0. The Kier molecular flexibility index (Phi) is 8.43. The molecular formula is C21H3BF13NO4S2. The molecule has 0 bridgehead atoms. The maximum atomic E-state index is 14.7. The van der Waals surface area contributed by atoms with Gasteiger partial charge in [0, 0.05) is 10.6 Å². The summed E-state index contributed by atoms with van der Waals surface area (Å²) in [6, 6.07) is 0. The van der Waals surface area contributed by atoms with E-state index in [1.165, 1.54) is 0 Å². The van der Waals surface area contributed by atoms with Crippen LogP contribution in [-0.4, -0.2) is 35.1 Å². The molecule has 0 amide bonds. The zero-order chi connectivity index (χ0) is 32.4. The number of halogens is 13. The van der Waals surface area contributed by atoms with Gasteiger partial charge in [-0.15, -0.1) is 10.0 Å². The zero-order valence-electron chi connectivity index (χ0n) is 19.2. The Morgan fingerprint density at radius 2 is 1.02 bits per heavy atom. The van der Waals surface area contributed by atoms with Crippen molar-refractivity contribution in [3.63, 3.8) is 0 Å². The normalized spacial score (nSPS) is 13.9. The van der Waals surface area contributed by atoms with Crippen molar-refractivity contribution < 1.29 is 73.9 Å². The Balaban J connectivity index is 2.62. The Labute approximate surface area is 225 Å². The van der Waals surface area contributed by atoms with E-state index in [0.29, 0.717) is 0 Å². The van der Waals surface area contributed by atoms with Gasteiger partial charge in [-0.1, -0.05) is 0 Å². The van der Waals surface area contributed by atoms with Gasteiger partial charge in [-0.05, 0) is 5.92 Å². The monoisotopic (exact) mass is 655 g/mol. The largest absolute Gasteiger partial charge is 0.248 e. The average molecular weight is 655 g/mol. The summed E-state index contributed by atoms with van der Waals surface area (Å²) in [5.74, 6) is -33.9. The minimum atomic E-state index is -6.87. The average Bonchev–Trinajstić information content (AvgIpc) is 2.94. The predicted molar refractivity (Wildman–Crippen MR) is 116 cm³/mol. The smallest absolute Gasteiger partial charge is 0.245 e. The first-order valence-corrected chi connectivity index (χ1v) is 12.8. The van der Waals surface area contributed by atoms with Gasteiger partial charge in [-0.2, -0.15) is 4.39 Å². The van der Waals surface area contributed by atoms with Crippen LogP contribution in [0.2, 0.25) is 0 Å². The summed E-state index contributed by atoms with van der Waals surface area (Å²) in [6.07, 6.45) is 4.60. The molecule has 0 saturated heterocycles. The molecule has 0 spiro atoms. The van der Waals surface area contributed by atoms with Crippen molar-refractivity contribution in [2.45, 2.75) is 4.90 Å². The maximum Gasteiger partial charge on any atom is 0.248 e. The van der Waals surface area contributed by atoms with Crippen molar-refractivity contribution in [2.24, 2.45) is 0 Å². The molecule has 0 aliphatic heterocycles. The van der Waals surface area contributed by atoms with E-state index in [2.05, 4.69) is 6.42 Å². The van der Waals surface area contributed by atoms with E-state index in [4.69, 9.17) is 7.98 Å². The van der Waals surface area contributed by atoms with Gasteiger partial charge in [-0.3, -0.25) is 0 Å². The fourth-order valence-corrected chi connectivity index (χ4v) is 6.75. The van der Waals surface area contributed by atoms with Crippen LogP contribution in [0.1, 0.15) is 0 Å². The lowest BCUT2D eigenvalue weighted by atomic mass is 10.1. The first-order valence-electron chi connectivity index (χ1n) is 9.88. The number of sulfonamides is 2. The van der Waals surface area contributed by atoms with Crippen LogP contribution in [0.5, 0.6) is 0 Å². The number of hydrogen-bond acceptors (Lipinski definition) is 4. The molecule has 3 rings (SSSR count). The van der Waals surface area contributed by atoms with E-state index in [1.54, 1.807) is 0 Å². The highest BCUT2D eigenvalue weighted by Gasteiger charge is 2.42. The summed E-state index contributed by atoms with van der Waals surface area (Å²) in [5, 5.41) is -9.78. The number of alkyl halides is 1. The Bertz CT molecular complexity index is 2110.